The Bertz CT molecular complexity index is 472. The lowest BCUT2D eigenvalue weighted by Gasteiger charge is -2.27. The summed E-state index contributed by atoms with van der Waals surface area (Å²) in [5.74, 6) is -0.465. The van der Waals surface area contributed by atoms with Crippen molar-refractivity contribution in [2.75, 3.05) is 6.54 Å². The molecule has 0 saturated heterocycles. The van der Waals surface area contributed by atoms with Gasteiger partial charge in [0.25, 0.3) is 0 Å². The van der Waals surface area contributed by atoms with Crippen LogP contribution in [0.1, 0.15) is 38.8 Å². The zero-order valence-electron chi connectivity index (χ0n) is 12.2. The molecule has 0 aliphatic heterocycles. The molecular weight excluding hydrogens is 285 g/mol. The van der Waals surface area contributed by atoms with Gasteiger partial charge in [-0.1, -0.05) is 6.92 Å². The molecule has 1 rings (SSSR count). The molecular formula is C13H21F3N4O. The van der Waals surface area contributed by atoms with Crippen molar-refractivity contribution in [2.24, 2.45) is 5.73 Å². The zero-order valence-corrected chi connectivity index (χ0v) is 12.2. The second kappa shape index (κ2) is 6.93. The van der Waals surface area contributed by atoms with E-state index >= 15 is 0 Å². The second-order valence-electron chi connectivity index (χ2n) is 5.19. The molecule has 0 saturated carbocycles. The van der Waals surface area contributed by atoms with Crippen LogP contribution in [0.25, 0.3) is 0 Å². The molecule has 1 aromatic heterocycles. The predicted molar refractivity (Wildman–Crippen MR) is 72.4 cm³/mol. The van der Waals surface area contributed by atoms with Gasteiger partial charge in [-0.2, -0.15) is 18.3 Å². The lowest BCUT2D eigenvalue weighted by atomic mass is 9.94. The number of amides is 1. The Labute approximate surface area is 121 Å². The number of aromatic nitrogens is 2. The van der Waals surface area contributed by atoms with Crippen LogP contribution in [-0.4, -0.2) is 27.8 Å². The standard InChI is InChI=1S/C13H21F3N4O/c1-3-7-18-12(2,11(17)21)6-4-8-20-9-5-10(19-20)13(14,15)16/h5,9,18H,3-4,6-8H2,1-2H3,(H2,17,21). The average molecular weight is 306 g/mol. The number of hydrogen-bond donors (Lipinski definition) is 2. The van der Waals surface area contributed by atoms with Crippen LogP contribution in [0.5, 0.6) is 0 Å². The van der Waals surface area contributed by atoms with Gasteiger partial charge in [-0.05, 0) is 38.8 Å². The first kappa shape index (κ1) is 17.5. The van der Waals surface area contributed by atoms with Crippen LogP contribution < -0.4 is 11.1 Å². The number of hydrogen-bond acceptors (Lipinski definition) is 3. The van der Waals surface area contributed by atoms with Crippen LogP contribution in [-0.2, 0) is 17.5 Å². The van der Waals surface area contributed by atoms with Gasteiger partial charge < -0.3 is 11.1 Å². The summed E-state index contributed by atoms with van der Waals surface area (Å²) in [5.41, 5.74) is 3.62. The number of rotatable bonds is 8. The summed E-state index contributed by atoms with van der Waals surface area (Å²) in [5, 5.41) is 6.54. The van der Waals surface area contributed by atoms with E-state index in [-0.39, 0.29) is 0 Å². The molecule has 0 radical (unpaired) electrons. The first-order valence-electron chi connectivity index (χ1n) is 6.84. The lowest BCUT2D eigenvalue weighted by Crippen LogP contribution is -2.53. The predicted octanol–water partition coefficient (Wildman–Crippen LogP) is 1.93. The van der Waals surface area contributed by atoms with Gasteiger partial charge in [0.1, 0.15) is 0 Å². The Balaban J connectivity index is 2.54. The zero-order chi connectivity index (χ0) is 16.1. The number of alkyl halides is 3. The van der Waals surface area contributed by atoms with E-state index in [1.807, 2.05) is 6.92 Å². The van der Waals surface area contributed by atoms with Crippen LogP contribution >= 0.6 is 0 Å². The second-order valence-corrected chi connectivity index (χ2v) is 5.19. The minimum Gasteiger partial charge on any atom is -0.368 e. The first-order chi connectivity index (χ1) is 9.69. The summed E-state index contributed by atoms with van der Waals surface area (Å²) >= 11 is 0. The van der Waals surface area contributed by atoms with Crippen LogP contribution in [0.15, 0.2) is 12.3 Å². The minimum atomic E-state index is -4.43. The fourth-order valence-electron chi connectivity index (χ4n) is 1.93. The van der Waals surface area contributed by atoms with E-state index in [1.165, 1.54) is 10.9 Å². The van der Waals surface area contributed by atoms with Gasteiger partial charge in [0.2, 0.25) is 5.91 Å². The number of carbonyl (C=O) groups excluding carboxylic acids is 1. The number of aryl methyl sites for hydroxylation is 1. The Kier molecular flexibility index (Phi) is 5.77. The number of primary amides is 1. The van der Waals surface area contributed by atoms with Crippen LogP contribution in [0.3, 0.4) is 0 Å². The third kappa shape index (κ3) is 5.04. The van der Waals surface area contributed by atoms with Gasteiger partial charge in [0, 0.05) is 12.7 Å². The van der Waals surface area contributed by atoms with Crippen molar-refractivity contribution in [3.63, 3.8) is 0 Å². The Hall–Kier alpha value is -1.57. The molecule has 0 aliphatic rings. The van der Waals surface area contributed by atoms with Gasteiger partial charge in [-0.3, -0.25) is 9.48 Å². The third-order valence-electron chi connectivity index (χ3n) is 3.30. The van der Waals surface area contributed by atoms with Gasteiger partial charge in [0.15, 0.2) is 5.69 Å². The van der Waals surface area contributed by atoms with Gasteiger partial charge >= 0.3 is 6.18 Å². The largest absolute Gasteiger partial charge is 0.435 e. The molecule has 1 amide bonds. The minimum absolute atomic E-state index is 0.298. The molecule has 120 valence electrons. The van der Waals surface area contributed by atoms with E-state index in [0.717, 1.165) is 12.5 Å². The topological polar surface area (TPSA) is 72.9 Å². The molecule has 1 atom stereocenters. The third-order valence-corrected chi connectivity index (χ3v) is 3.30. The number of nitrogens with one attached hydrogen (secondary N) is 1. The molecule has 0 aliphatic carbocycles. The average Bonchev–Trinajstić information content (AvgIpc) is 2.85. The quantitative estimate of drug-likeness (QED) is 0.771. The smallest absolute Gasteiger partial charge is 0.368 e. The normalized spacial score (nSPS) is 14.9. The van der Waals surface area contributed by atoms with Crippen molar-refractivity contribution >= 4 is 5.91 Å². The maximum absolute atomic E-state index is 12.4. The van der Waals surface area contributed by atoms with Crippen LogP contribution in [0.2, 0.25) is 0 Å². The summed E-state index contributed by atoms with van der Waals surface area (Å²) in [6, 6.07) is 0.933. The Morgan fingerprint density at radius 1 is 1.48 bits per heavy atom. The number of carbonyl (C=O) groups is 1. The Morgan fingerprint density at radius 2 is 2.14 bits per heavy atom. The van der Waals surface area contributed by atoms with E-state index in [0.29, 0.717) is 25.9 Å². The van der Waals surface area contributed by atoms with Crippen molar-refractivity contribution in [3.8, 4) is 0 Å². The maximum Gasteiger partial charge on any atom is 0.435 e. The fraction of sp³-hybridized carbons (Fsp3) is 0.692. The maximum atomic E-state index is 12.4. The van der Waals surface area contributed by atoms with Crippen LogP contribution in [0, 0.1) is 0 Å². The molecule has 3 N–H and O–H groups in total. The lowest BCUT2D eigenvalue weighted by molar-refractivity contribution is -0.141. The highest BCUT2D eigenvalue weighted by atomic mass is 19.4. The van der Waals surface area contributed by atoms with E-state index in [9.17, 15) is 18.0 Å². The summed E-state index contributed by atoms with van der Waals surface area (Å²) < 4.78 is 38.5. The van der Waals surface area contributed by atoms with E-state index < -0.39 is 23.3 Å². The molecule has 1 aromatic rings. The molecule has 21 heavy (non-hydrogen) atoms. The summed E-state index contributed by atoms with van der Waals surface area (Å²) in [6.07, 6.45) is -1.37. The molecule has 0 bridgehead atoms. The van der Waals surface area contributed by atoms with Crippen molar-refractivity contribution in [2.45, 2.75) is 51.4 Å². The van der Waals surface area contributed by atoms with E-state index in [1.54, 1.807) is 6.92 Å². The summed E-state index contributed by atoms with van der Waals surface area (Å²) in [6.45, 7) is 4.62. The molecule has 0 aromatic carbocycles. The number of halogens is 3. The van der Waals surface area contributed by atoms with Crippen molar-refractivity contribution in [1.82, 2.24) is 15.1 Å². The highest BCUT2D eigenvalue weighted by molar-refractivity contribution is 5.84. The van der Waals surface area contributed by atoms with E-state index in [2.05, 4.69) is 10.4 Å². The highest BCUT2D eigenvalue weighted by Gasteiger charge is 2.33. The van der Waals surface area contributed by atoms with Crippen molar-refractivity contribution in [1.29, 1.82) is 0 Å². The van der Waals surface area contributed by atoms with E-state index in [4.69, 9.17) is 5.73 Å². The summed E-state index contributed by atoms with van der Waals surface area (Å²) in [4.78, 5) is 11.5. The number of nitrogens with two attached hydrogens (primary N) is 1. The van der Waals surface area contributed by atoms with Crippen LogP contribution in [0.4, 0.5) is 13.2 Å². The Morgan fingerprint density at radius 3 is 2.62 bits per heavy atom. The highest BCUT2D eigenvalue weighted by Crippen LogP contribution is 2.27. The monoisotopic (exact) mass is 306 g/mol. The molecule has 0 fully saturated rings. The fourth-order valence-corrected chi connectivity index (χ4v) is 1.93. The van der Waals surface area contributed by atoms with Crippen molar-refractivity contribution < 1.29 is 18.0 Å². The van der Waals surface area contributed by atoms with Gasteiger partial charge in [-0.25, -0.2) is 0 Å². The first-order valence-corrected chi connectivity index (χ1v) is 6.84. The molecule has 8 heteroatoms. The molecule has 5 nitrogen and oxygen atoms in total. The molecule has 1 unspecified atom stereocenters. The van der Waals surface area contributed by atoms with Gasteiger partial charge in [-0.15, -0.1) is 0 Å². The summed E-state index contributed by atoms with van der Waals surface area (Å²) in [7, 11) is 0. The molecule has 1 heterocycles. The molecule has 0 spiro atoms. The SMILES string of the molecule is CCCNC(C)(CCCn1ccc(C(F)(F)F)n1)C(N)=O. The van der Waals surface area contributed by atoms with Crippen molar-refractivity contribution in [3.05, 3.63) is 18.0 Å². The number of nitrogens with zero attached hydrogens (tertiary/aromatic N) is 2. The van der Waals surface area contributed by atoms with Gasteiger partial charge in [0.05, 0.1) is 5.54 Å².